The third-order valence-electron chi connectivity index (χ3n) is 4.16. The Kier molecular flexibility index (Phi) is 5.22. The molecule has 0 aliphatic heterocycles. The van der Waals surface area contributed by atoms with Crippen LogP contribution in [0.15, 0.2) is 24.3 Å². The summed E-state index contributed by atoms with van der Waals surface area (Å²) in [5, 5.41) is 21.2. The molecule has 6 nitrogen and oxygen atoms in total. The number of benzene rings is 1. The van der Waals surface area contributed by atoms with Crippen molar-refractivity contribution in [1.29, 1.82) is 5.26 Å². The minimum atomic E-state index is -1.21. The van der Waals surface area contributed by atoms with E-state index in [1.54, 1.807) is 31.2 Å². The first-order valence-electron chi connectivity index (χ1n) is 7.70. The predicted octanol–water partition coefficient (Wildman–Crippen LogP) is 2.23. The van der Waals surface area contributed by atoms with E-state index in [1.807, 2.05) is 6.07 Å². The number of carboxylic acid groups (broad SMARTS) is 1. The van der Waals surface area contributed by atoms with Gasteiger partial charge in [0, 0.05) is 0 Å². The number of amides is 1. The number of nitriles is 1. The van der Waals surface area contributed by atoms with Gasteiger partial charge in [-0.15, -0.1) is 0 Å². The number of hydrogen-bond acceptors (Lipinski definition) is 4. The second-order valence-electron chi connectivity index (χ2n) is 5.81. The molecule has 1 aromatic rings. The van der Waals surface area contributed by atoms with Crippen LogP contribution in [-0.4, -0.2) is 28.6 Å². The lowest BCUT2D eigenvalue weighted by atomic mass is 9.81. The molecule has 0 heterocycles. The number of rotatable bonds is 5. The summed E-state index contributed by atoms with van der Waals surface area (Å²) in [7, 11) is 0. The molecule has 1 fully saturated rings. The summed E-state index contributed by atoms with van der Waals surface area (Å²) in [6, 6.07) is 8.62. The zero-order valence-electron chi connectivity index (χ0n) is 13.0. The van der Waals surface area contributed by atoms with Crippen molar-refractivity contribution in [2.75, 3.05) is 0 Å². The first-order chi connectivity index (χ1) is 11.0. The van der Waals surface area contributed by atoms with Crippen molar-refractivity contribution in [2.45, 2.75) is 50.7 Å². The highest BCUT2D eigenvalue weighted by Crippen LogP contribution is 2.29. The van der Waals surface area contributed by atoms with Crippen molar-refractivity contribution >= 4 is 11.9 Å². The molecule has 1 aliphatic rings. The normalized spacial score (nSPS) is 17.6. The number of carbonyl (C=O) groups is 2. The Bertz CT molecular complexity index is 630. The third kappa shape index (κ3) is 3.81. The third-order valence-corrected chi connectivity index (χ3v) is 4.16. The molecule has 0 bridgehead atoms. The average Bonchev–Trinajstić information content (AvgIpc) is 2.56. The van der Waals surface area contributed by atoms with Gasteiger partial charge in [-0.05, 0) is 31.9 Å². The molecule has 0 aromatic heterocycles. The summed E-state index contributed by atoms with van der Waals surface area (Å²) < 4.78 is 5.54. The highest BCUT2D eigenvalue weighted by atomic mass is 16.5. The van der Waals surface area contributed by atoms with E-state index in [0.717, 1.165) is 19.3 Å². The number of nitrogens with zero attached hydrogens (tertiary/aromatic N) is 1. The van der Waals surface area contributed by atoms with Crippen LogP contribution >= 0.6 is 0 Å². The number of para-hydroxylation sites is 1. The Morgan fingerprint density at radius 1 is 1.30 bits per heavy atom. The van der Waals surface area contributed by atoms with E-state index in [4.69, 9.17) is 10.00 Å². The lowest BCUT2D eigenvalue weighted by Crippen LogP contribution is -2.58. The highest BCUT2D eigenvalue weighted by Gasteiger charge is 2.41. The summed E-state index contributed by atoms with van der Waals surface area (Å²) >= 11 is 0. The lowest BCUT2D eigenvalue weighted by molar-refractivity contribution is -0.150. The lowest BCUT2D eigenvalue weighted by Gasteiger charge is -2.34. The molecular weight excluding hydrogens is 296 g/mol. The first kappa shape index (κ1) is 16.8. The molecule has 0 saturated heterocycles. The fraction of sp³-hybridized carbons (Fsp3) is 0.471. The van der Waals surface area contributed by atoms with Gasteiger partial charge in [-0.2, -0.15) is 5.26 Å². The van der Waals surface area contributed by atoms with Gasteiger partial charge in [0.25, 0.3) is 5.91 Å². The topological polar surface area (TPSA) is 99.4 Å². The standard InChI is InChI=1S/C17H20N2O4/c1-12(23-14-8-4-3-7-13(14)11-18)15(20)19-17(16(21)22)9-5-2-6-10-17/h3-4,7-8,12H,2,5-6,9-10H2,1H3,(H,19,20)(H,21,22)/t12-/m1/s1. The molecule has 122 valence electrons. The molecule has 1 atom stereocenters. The minimum Gasteiger partial charge on any atom is -0.480 e. The van der Waals surface area contributed by atoms with Crippen LogP contribution in [0.1, 0.15) is 44.6 Å². The van der Waals surface area contributed by atoms with Gasteiger partial charge in [0.05, 0.1) is 5.56 Å². The van der Waals surface area contributed by atoms with E-state index in [2.05, 4.69) is 5.32 Å². The number of ether oxygens (including phenoxy) is 1. The van der Waals surface area contributed by atoms with Crippen LogP contribution in [0.25, 0.3) is 0 Å². The van der Waals surface area contributed by atoms with Gasteiger partial charge < -0.3 is 15.2 Å². The van der Waals surface area contributed by atoms with Gasteiger partial charge in [0.1, 0.15) is 17.4 Å². The molecular formula is C17H20N2O4. The molecule has 23 heavy (non-hydrogen) atoms. The fourth-order valence-electron chi connectivity index (χ4n) is 2.79. The molecule has 2 N–H and O–H groups in total. The Hall–Kier alpha value is -2.55. The quantitative estimate of drug-likeness (QED) is 0.867. The monoisotopic (exact) mass is 316 g/mol. The Morgan fingerprint density at radius 2 is 1.96 bits per heavy atom. The molecule has 2 rings (SSSR count). The van der Waals surface area contributed by atoms with E-state index >= 15 is 0 Å². The van der Waals surface area contributed by atoms with Gasteiger partial charge in [-0.25, -0.2) is 4.79 Å². The van der Waals surface area contributed by atoms with Crippen molar-refractivity contribution in [3.8, 4) is 11.8 Å². The van der Waals surface area contributed by atoms with Crippen LogP contribution < -0.4 is 10.1 Å². The van der Waals surface area contributed by atoms with Crippen molar-refractivity contribution < 1.29 is 19.4 Å². The molecule has 0 unspecified atom stereocenters. The number of nitrogens with one attached hydrogen (secondary N) is 1. The smallest absolute Gasteiger partial charge is 0.329 e. The number of hydrogen-bond donors (Lipinski definition) is 2. The van der Waals surface area contributed by atoms with Crippen LogP contribution in [0, 0.1) is 11.3 Å². The van der Waals surface area contributed by atoms with Gasteiger partial charge in [-0.1, -0.05) is 31.4 Å². The Balaban J connectivity index is 2.07. The van der Waals surface area contributed by atoms with E-state index in [-0.39, 0.29) is 0 Å². The Labute approximate surface area is 135 Å². The summed E-state index contributed by atoms with van der Waals surface area (Å²) in [4.78, 5) is 23.9. The second kappa shape index (κ2) is 7.14. The van der Waals surface area contributed by atoms with Crippen LogP contribution in [0.2, 0.25) is 0 Å². The van der Waals surface area contributed by atoms with Gasteiger partial charge in [0.15, 0.2) is 6.10 Å². The summed E-state index contributed by atoms with van der Waals surface area (Å²) in [6.45, 7) is 1.54. The first-order valence-corrected chi connectivity index (χ1v) is 7.70. The zero-order chi connectivity index (χ0) is 16.9. The van der Waals surface area contributed by atoms with E-state index in [9.17, 15) is 14.7 Å². The maximum atomic E-state index is 12.3. The number of carboxylic acids is 1. The molecule has 1 aromatic carbocycles. The van der Waals surface area contributed by atoms with Crippen molar-refractivity contribution in [3.63, 3.8) is 0 Å². The molecule has 0 radical (unpaired) electrons. The fourth-order valence-corrected chi connectivity index (χ4v) is 2.79. The molecule has 1 aliphatic carbocycles. The second-order valence-corrected chi connectivity index (χ2v) is 5.81. The van der Waals surface area contributed by atoms with Crippen molar-refractivity contribution in [1.82, 2.24) is 5.32 Å². The number of aliphatic carboxylic acids is 1. The van der Waals surface area contributed by atoms with Crippen LogP contribution in [0.3, 0.4) is 0 Å². The maximum absolute atomic E-state index is 12.3. The van der Waals surface area contributed by atoms with Gasteiger partial charge in [-0.3, -0.25) is 4.79 Å². The number of carbonyl (C=O) groups excluding carboxylic acids is 1. The molecule has 0 spiro atoms. The van der Waals surface area contributed by atoms with Crippen molar-refractivity contribution in [3.05, 3.63) is 29.8 Å². The summed E-state index contributed by atoms with van der Waals surface area (Å²) in [5.74, 6) is -1.18. The van der Waals surface area contributed by atoms with Gasteiger partial charge in [0.2, 0.25) is 0 Å². The molecule has 1 amide bonds. The molecule has 1 saturated carbocycles. The maximum Gasteiger partial charge on any atom is 0.329 e. The predicted molar refractivity (Wildman–Crippen MR) is 82.8 cm³/mol. The van der Waals surface area contributed by atoms with E-state index in [1.165, 1.54) is 0 Å². The summed E-state index contributed by atoms with van der Waals surface area (Å²) in [6.07, 6.45) is 2.50. The van der Waals surface area contributed by atoms with Gasteiger partial charge >= 0.3 is 5.97 Å². The zero-order valence-corrected chi connectivity index (χ0v) is 13.0. The summed E-state index contributed by atoms with van der Waals surface area (Å²) in [5.41, 5.74) is -0.875. The largest absolute Gasteiger partial charge is 0.480 e. The van der Waals surface area contributed by atoms with Crippen LogP contribution in [-0.2, 0) is 9.59 Å². The minimum absolute atomic E-state index is 0.311. The highest BCUT2D eigenvalue weighted by molar-refractivity contribution is 5.89. The van der Waals surface area contributed by atoms with E-state index in [0.29, 0.717) is 24.2 Å². The van der Waals surface area contributed by atoms with Crippen molar-refractivity contribution in [2.24, 2.45) is 0 Å². The Morgan fingerprint density at radius 3 is 2.57 bits per heavy atom. The van der Waals surface area contributed by atoms with E-state index < -0.39 is 23.5 Å². The average molecular weight is 316 g/mol. The van der Waals surface area contributed by atoms with Crippen LogP contribution in [0.4, 0.5) is 0 Å². The molecule has 6 heteroatoms. The van der Waals surface area contributed by atoms with Crippen LogP contribution in [0.5, 0.6) is 5.75 Å². The SMILES string of the molecule is C[C@@H](Oc1ccccc1C#N)C(=O)NC1(C(=O)O)CCCCC1.